The summed E-state index contributed by atoms with van der Waals surface area (Å²) in [6.45, 7) is 19.2. The van der Waals surface area contributed by atoms with E-state index >= 15 is 0 Å². The van der Waals surface area contributed by atoms with Crippen molar-refractivity contribution in [2.75, 3.05) is 0 Å². The first-order valence-corrected chi connectivity index (χ1v) is 16.0. The first kappa shape index (κ1) is 32.7. The number of carbonyl (C=O) groups is 2. The molecule has 5 rings (SSSR count). The fourth-order valence-electron chi connectivity index (χ4n) is 5.85. The number of aromatic nitrogens is 1. The van der Waals surface area contributed by atoms with E-state index in [1.807, 2.05) is 64.1 Å². The van der Waals surface area contributed by atoms with Crippen LogP contribution in [0.1, 0.15) is 103 Å². The Morgan fingerprint density at radius 1 is 0.826 bits per heavy atom. The lowest BCUT2D eigenvalue weighted by Crippen LogP contribution is -2.26. The molecule has 0 spiro atoms. The zero-order valence-corrected chi connectivity index (χ0v) is 28.6. The van der Waals surface area contributed by atoms with Crippen molar-refractivity contribution in [2.45, 2.75) is 85.9 Å². The molecule has 46 heavy (non-hydrogen) atoms. The van der Waals surface area contributed by atoms with Gasteiger partial charge in [0.2, 0.25) is 0 Å². The van der Waals surface area contributed by atoms with Gasteiger partial charge in [-0.2, -0.15) is 0 Å². The van der Waals surface area contributed by atoms with Gasteiger partial charge in [-0.05, 0) is 105 Å². The van der Waals surface area contributed by atoms with Gasteiger partial charge in [-0.15, -0.1) is 0 Å². The first-order chi connectivity index (χ1) is 21.6. The van der Waals surface area contributed by atoms with Gasteiger partial charge >= 0.3 is 5.97 Å². The Morgan fingerprint density at radius 2 is 1.48 bits per heavy atom. The van der Waals surface area contributed by atoms with E-state index in [4.69, 9.17) is 4.74 Å². The molecule has 0 aliphatic rings. The summed E-state index contributed by atoms with van der Waals surface area (Å²) in [4.78, 5) is 26.2. The molecule has 5 nitrogen and oxygen atoms in total. The fraction of sp³-hybridized carbons (Fsp3) is 0.317. The molecule has 1 unspecified atom stereocenters. The number of aryl methyl sites for hydroxylation is 1. The van der Waals surface area contributed by atoms with Crippen molar-refractivity contribution in [3.8, 4) is 11.1 Å². The van der Waals surface area contributed by atoms with Gasteiger partial charge in [0.15, 0.2) is 0 Å². The Morgan fingerprint density at radius 3 is 2.11 bits per heavy atom. The lowest BCUT2D eigenvalue weighted by Gasteiger charge is -2.21. The van der Waals surface area contributed by atoms with Crippen LogP contribution in [-0.4, -0.2) is 22.0 Å². The maximum Gasteiger partial charge on any atom is 0.339 e. The van der Waals surface area contributed by atoms with Crippen LogP contribution in [0.2, 0.25) is 0 Å². The van der Waals surface area contributed by atoms with E-state index in [0.29, 0.717) is 17.7 Å². The van der Waals surface area contributed by atoms with Gasteiger partial charge in [-0.1, -0.05) is 87.5 Å². The Bertz CT molecular complexity index is 1880. The number of rotatable bonds is 7. The monoisotopic (exact) mass is 614 g/mol. The third-order valence-electron chi connectivity index (χ3n) is 8.68. The Balaban J connectivity index is 1.34. The number of hydrogen-bond acceptors (Lipinski definition) is 3. The number of esters is 1. The highest BCUT2D eigenvalue weighted by atomic mass is 16.6. The van der Waals surface area contributed by atoms with Crippen LogP contribution < -0.4 is 5.32 Å². The molecule has 1 heterocycles. The van der Waals surface area contributed by atoms with Crippen molar-refractivity contribution < 1.29 is 14.3 Å². The predicted molar refractivity (Wildman–Crippen MR) is 189 cm³/mol. The van der Waals surface area contributed by atoms with Gasteiger partial charge in [-0.3, -0.25) is 4.79 Å². The Labute approximate surface area is 273 Å². The summed E-state index contributed by atoms with van der Waals surface area (Å²) in [5.41, 5.74) is 9.47. The standard InChI is InChI=1S/C41H46N2O3/c1-26-28(3)43(25-29-14-16-31(17-15-29)34-12-10-11-13-35(34)39(45)46-41(7,8)9)37-23-20-32(24-36(26)37)38(44)42-27(2)30-18-21-33(22-19-30)40(4,5)6/h10-24,27H,25H2,1-9H3,(H,42,44). The largest absolute Gasteiger partial charge is 0.456 e. The second-order valence-electron chi connectivity index (χ2n) is 14.3. The van der Waals surface area contributed by atoms with E-state index in [0.717, 1.165) is 33.2 Å². The van der Waals surface area contributed by atoms with Crippen molar-refractivity contribution in [3.63, 3.8) is 0 Å². The highest BCUT2D eigenvalue weighted by Gasteiger charge is 2.21. The number of amides is 1. The summed E-state index contributed by atoms with van der Waals surface area (Å²) in [5.74, 6) is -0.407. The lowest BCUT2D eigenvalue weighted by molar-refractivity contribution is 0.00703. The minimum Gasteiger partial charge on any atom is -0.456 e. The lowest BCUT2D eigenvalue weighted by atomic mass is 9.86. The van der Waals surface area contributed by atoms with Gasteiger partial charge in [0.25, 0.3) is 5.91 Å². The summed E-state index contributed by atoms with van der Waals surface area (Å²) >= 11 is 0. The topological polar surface area (TPSA) is 60.3 Å². The van der Waals surface area contributed by atoms with Crippen molar-refractivity contribution in [1.82, 2.24) is 9.88 Å². The third-order valence-corrected chi connectivity index (χ3v) is 8.68. The SMILES string of the molecule is Cc1c(C)n(Cc2ccc(-c3ccccc3C(=O)OC(C)(C)C)cc2)c2ccc(C(=O)NC(C)c3ccc(C(C)(C)C)cc3)cc12. The second-order valence-corrected chi connectivity index (χ2v) is 14.3. The highest BCUT2D eigenvalue weighted by Crippen LogP contribution is 2.30. The minimum absolute atomic E-state index is 0.0821. The molecular weight excluding hydrogens is 568 g/mol. The van der Waals surface area contributed by atoms with E-state index in [9.17, 15) is 9.59 Å². The number of hydrogen-bond donors (Lipinski definition) is 1. The van der Waals surface area contributed by atoms with Gasteiger partial charge < -0.3 is 14.6 Å². The molecule has 238 valence electrons. The molecule has 1 aromatic heterocycles. The molecule has 1 N–H and O–H groups in total. The molecule has 5 heteroatoms. The van der Waals surface area contributed by atoms with Crippen LogP contribution >= 0.6 is 0 Å². The van der Waals surface area contributed by atoms with E-state index < -0.39 is 5.60 Å². The zero-order chi connectivity index (χ0) is 33.4. The molecule has 5 aromatic rings. The number of nitrogens with zero attached hydrogens (tertiary/aromatic N) is 1. The number of carbonyl (C=O) groups excluding carboxylic acids is 2. The summed E-state index contributed by atoms with van der Waals surface area (Å²) in [6, 6.07) is 30.3. The third kappa shape index (κ3) is 7.09. The molecule has 4 aromatic carbocycles. The predicted octanol–water partition coefficient (Wildman–Crippen LogP) is 9.72. The number of nitrogens with one attached hydrogen (secondary N) is 1. The van der Waals surface area contributed by atoms with Crippen LogP contribution in [0.3, 0.4) is 0 Å². The Hall–Kier alpha value is -4.64. The molecule has 0 bridgehead atoms. The van der Waals surface area contributed by atoms with E-state index in [2.05, 4.69) is 99.1 Å². The number of benzene rings is 4. The quantitative estimate of drug-likeness (QED) is 0.186. The van der Waals surface area contributed by atoms with Crippen molar-refractivity contribution in [2.24, 2.45) is 0 Å². The first-order valence-electron chi connectivity index (χ1n) is 16.0. The highest BCUT2D eigenvalue weighted by molar-refractivity contribution is 5.99. The van der Waals surface area contributed by atoms with E-state index in [1.54, 1.807) is 0 Å². The van der Waals surface area contributed by atoms with E-state index in [-0.39, 0.29) is 23.3 Å². The molecule has 1 amide bonds. The van der Waals surface area contributed by atoms with Gasteiger partial charge in [0, 0.05) is 28.7 Å². The second kappa shape index (κ2) is 12.6. The molecule has 0 aliphatic heterocycles. The molecule has 0 radical (unpaired) electrons. The van der Waals surface area contributed by atoms with Crippen LogP contribution in [0.25, 0.3) is 22.0 Å². The molecule has 0 saturated heterocycles. The fourth-order valence-corrected chi connectivity index (χ4v) is 5.85. The molecule has 0 aliphatic carbocycles. The van der Waals surface area contributed by atoms with Crippen LogP contribution in [0, 0.1) is 13.8 Å². The molecule has 0 fully saturated rings. The van der Waals surface area contributed by atoms with Gasteiger partial charge in [0.05, 0.1) is 11.6 Å². The maximum atomic E-state index is 13.3. The van der Waals surface area contributed by atoms with Crippen LogP contribution in [0.15, 0.2) is 91.0 Å². The smallest absolute Gasteiger partial charge is 0.339 e. The van der Waals surface area contributed by atoms with Crippen molar-refractivity contribution in [3.05, 3.63) is 130 Å². The summed E-state index contributed by atoms with van der Waals surface area (Å²) < 4.78 is 7.95. The molecular formula is C41H46N2O3. The Kier molecular flexibility index (Phi) is 8.99. The summed E-state index contributed by atoms with van der Waals surface area (Å²) in [7, 11) is 0. The van der Waals surface area contributed by atoms with E-state index in [1.165, 1.54) is 16.8 Å². The summed E-state index contributed by atoms with van der Waals surface area (Å²) in [6.07, 6.45) is 0. The number of fused-ring (bicyclic) bond motifs is 1. The van der Waals surface area contributed by atoms with Crippen LogP contribution in [0.4, 0.5) is 0 Å². The normalized spacial score (nSPS) is 12.6. The number of ether oxygens (including phenoxy) is 1. The average Bonchev–Trinajstić information content (AvgIpc) is 3.24. The molecule has 1 atom stereocenters. The van der Waals surface area contributed by atoms with Crippen molar-refractivity contribution in [1.29, 1.82) is 0 Å². The van der Waals surface area contributed by atoms with Gasteiger partial charge in [-0.25, -0.2) is 4.79 Å². The average molecular weight is 615 g/mol. The summed E-state index contributed by atoms with van der Waals surface area (Å²) in [5, 5.41) is 4.26. The maximum absolute atomic E-state index is 13.3. The van der Waals surface area contributed by atoms with Crippen LogP contribution in [0.5, 0.6) is 0 Å². The minimum atomic E-state index is -0.564. The molecule has 0 saturated carbocycles. The van der Waals surface area contributed by atoms with Crippen LogP contribution in [-0.2, 0) is 16.7 Å². The van der Waals surface area contributed by atoms with Gasteiger partial charge in [0.1, 0.15) is 5.60 Å². The van der Waals surface area contributed by atoms with Crippen molar-refractivity contribution >= 4 is 22.8 Å². The zero-order valence-electron chi connectivity index (χ0n) is 28.6.